The predicted molar refractivity (Wildman–Crippen MR) is 131 cm³/mol. The molecule has 4 aromatic rings. The molecule has 4 heteroatoms. The lowest BCUT2D eigenvalue weighted by Crippen LogP contribution is -2.47. The molecule has 0 radical (unpaired) electrons. The molecular formula is C28H29N3O. The minimum Gasteiger partial charge on any atom is -0.358 e. The zero-order chi connectivity index (χ0) is 21.9. The third-order valence-corrected chi connectivity index (χ3v) is 6.60. The molecule has 0 spiro atoms. The van der Waals surface area contributed by atoms with E-state index in [0.29, 0.717) is 6.54 Å². The summed E-state index contributed by atoms with van der Waals surface area (Å²) < 4.78 is 0. The highest BCUT2D eigenvalue weighted by molar-refractivity contribution is 5.79. The Kier molecular flexibility index (Phi) is 5.89. The highest BCUT2D eigenvalue weighted by Gasteiger charge is 2.27. The maximum absolute atomic E-state index is 13.1. The number of aromatic nitrogens is 1. The average molecular weight is 424 g/mol. The normalized spacial score (nSPS) is 15.4. The first kappa shape index (κ1) is 20.7. The molecule has 1 fully saturated rings. The molecule has 32 heavy (non-hydrogen) atoms. The van der Waals surface area contributed by atoms with E-state index >= 15 is 0 Å². The SMILES string of the molecule is Cc1[nH]c2ccccc2c(=O)c1CN1CCN(C(c2ccccc2)c2ccccc2)CC1. The summed E-state index contributed by atoms with van der Waals surface area (Å²) in [5.41, 5.74) is 5.59. The smallest absolute Gasteiger partial charge is 0.194 e. The van der Waals surface area contributed by atoms with E-state index in [-0.39, 0.29) is 11.5 Å². The van der Waals surface area contributed by atoms with Crippen LogP contribution in [0.25, 0.3) is 10.9 Å². The second-order valence-electron chi connectivity index (χ2n) is 8.64. The van der Waals surface area contributed by atoms with Gasteiger partial charge in [-0.1, -0.05) is 72.8 Å². The molecule has 0 amide bonds. The fourth-order valence-electron chi connectivity index (χ4n) is 4.88. The number of piperazine rings is 1. The van der Waals surface area contributed by atoms with Gasteiger partial charge >= 0.3 is 0 Å². The molecule has 0 aliphatic carbocycles. The maximum Gasteiger partial charge on any atom is 0.194 e. The van der Waals surface area contributed by atoms with Crippen LogP contribution in [0.3, 0.4) is 0 Å². The number of hydrogen-bond acceptors (Lipinski definition) is 3. The fraction of sp³-hybridized carbons (Fsp3) is 0.250. The van der Waals surface area contributed by atoms with Crippen LogP contribution in [0.5, 0.6) is 0 Å². The van der Waals surface area contributed by atoms with Gasteiger partial charge in [0, 0.05) is 54.9 Å². The number of para-hydroxylation sites is 1. The highest BCUT2D eigenvalue weighted by atomic mass is 16.1. The summed E-state index contributed by atoms with van der Waals surface area (Å²) in [4.78, 5) is 21.5. The van der Waals surface area contributed by atoms with Crippen LogP contribution in [0.1, 0.15) is 28.4 Å². The Morgan fingerprint density at radius 3 is 1.97 bits per heavy atom. The van der Waals surface area contributed by atoms with Crippen LogP contribution in [0.15, 0.2) is 89.7 Å². The predicted octanol–water partition coefficient (Wildman–Crippen LogP) is 4.74. The zero-order valence-corrected chi connectivity index (χ0v) is 18.5. The van der Waals surface area contributed by atoms with Crippen molar-refractivity contribution in [3.05, 3.63) is 118 Å². The summed E-state index contributed by atoms with van der Waals surface area (Å²) in [6.07, 6.45) is 0. The van der Waals surface area contributed by atoms with E-state index in [1.165, 1.54) is 11.1 Å². The van der Waals surface area contributed by atoms with Gasteiger partial charge in [0.1, 0.15) is 0 Å². The zero-order valence-electron chi connectivity index (χ0n) is 18.5. The number of benzene rings is 3. The third kappa shape index (κ3) is 4.12. The topological polar surface area (TPSA) is 39.3 Å². The van der Waals surface area contributed by atoms with Gasteiger partial charge in [-0.15, -0.1) is 0 Å². The van der Waals surface area contributed by atoms with Gasteiger partial charge in [-0.25, -0.2) is 0 Å². The Morgan fingerprint density at radius 2 is 1.34 bits per heavy atom. The number of H-pyrrole nitrogens is 1. The first-order valence-electron chi connectivity index (χ1n) is 11.4. The van der Waals surface area contributed by atoms with E-state index in [1.54, 1.807) is 0 Å². The van der Waals surface area contributed by atoms with Gasteiger partial charge in [-0.05, 0) is 30.2 Å². The standard InChI is InChI=1S/C28H29N3O/c1-21-25(28(32)24-14-8-9-15-26(24)29-21)20-30-16-18-31(19-17-30)27(22-10-4-2-5-11-22)23-12-6-3-7-13-23/h2-15,27H,16-20H2,1H3,(H,29,32). The summed E-state index contributed by atoms with van der Waals surface area (Å²) in [6.45, 7) is 6.54. The van der Waals surface area contributed by atoms with E-state index in [4.69, 9.17) is 0 Å². The van der Waals surface area contributed by atoms with Crippen molar-refractivity contribution < 1.29 is 0 Å². The minimum atomic E-state index is 0.158. The number of nitrogens with one attached hydrogen (secondary N) is 1. The lowest BCUT2D eigenvalue weighted by atomic mass is 9.96. The second-order valence-corrected chi connectivity index (χ2v) is 8.64. The fourth-order valence-corrected chi connectivity index (χ4v) is 4.88. The van der Waals surface area contributed by atoms with E-state index in [2.05, 4.69) is 75.4 Å². The van der Waals surface area contributed by atoms with Crippen LogP contribution in [0, 0.1) is 6.92 Å². The van der Waals surface area contributed by atoms with Gasteiger partial charge in [-0.3, -0.25) is 14.6 Å². The number of aromatic amines is 1. The largest absolute Gasteiger partial charge is 0.358 e. The Hall–Kier alpha value is -3.21. The number of nitrogens with zero attached hydrogens (tertiary/aromatic N) is 2. The molecule has 0 saturated carbocycles. The van der Waals surface area contributed by atoms with Crippen molar-refractivity contribution in [2.75, 3.05) is 26.2 Å². The molecule has 3 aromatic carbocycles. The van der Waals surface area contributed by atoms with E-state index in [1.807, 2.05) is 31.2 Å². The van der Waals surface area contributed by atoms with Crippen molar-refractivity contribution in [3.8, 4) is 0 Å². The molecule has 1 aromatic heterocycles. The van der Waals surface area contributed by atoms with E-state index in [9.17, 15) is 4.79 Å². The number of pyridine rings is 1. The summed E-state index contributed by atoms with van der Waals surface area (Å²) >= 11 is 0. The van der Waals surface area contributed by atoms with Gasteiger partial charge in [0.25, 0.3) is 0 Å². The Balaban J connectivity index is 1.35. The molecule has 162 valence electrons. The molecule has 0 unspecified atom stereocenters. The van der Waals surface area contributed by atoms with E-state index in [0.717, 1.165) is 48.3 Å². The van der Waals surface area contributed by atoms with Gasteiger partial charge in [0.2, 0.25) is 0 Å². The van der Waals surface area contributed by atoms with Crippen molar-refractivity contribution in [1.82, 2.24) is 14.8 Å². The lowest BCUT2D eigenvalue weighted by Gasteiger charge is -2.40. The number of rotatable bonds is 5. The van der Waals surface area contributed by atoms with Crippen LogP contribution < -0.4 is 5.43 Å². The number of hydrogen-bond donors (Lipinski definition) is 1. The van der Waals surface area contributed by atoms with Crippen LogP contribution in [0.2, 0.25) is 0 Å². The maximum atomic E-state index is 13.1. The van der Waals surface area contributed by atoms with E-state index < -0.39 is 0 Å². The molecule has 5 rings (SSSR count). The number of fused-ring (bicyclic) bond motifs is 1. The summed E-state index contributed by atoms with van der Waals surface area (Å²) in [5, 5.41) is 0.778. The van der Waals surface area contributed by atoms with Gasteiger partial charge in [-0.2, -0.15) is 0 Å². The highest BCUT2D eigenvalue weighted by Crippen LogP contribution is 2.29. The summed E-state index contributed by atoms with van der Waals surface area (Å²) in [7, 11) is 0. The molecule has 1 saturated heterocycles. The van der Waals surface area contributed by atoms with Gasteiger partial charge in [0.15, 0.2) is 5.43 Å². The molecule has 0 bridgehead atoms. The third-order valence-electron chi connectivity index (χ3n) is 6.60. The van der Waals surface area contributed by atoms with Crippen molar-refractivity contribution in [1.29, 1.82) is 0 Å². The summed E-state index contributed by atoms with van der Waals surface area (Å²) in [6, 6.07) is 29.6. The molecule has 1 N–H and O–H groups in total. The van der Waals surface area contributed by atoms with Crippen LogP contribution in [-0.4, -0.2) is 41.0 Å². The molecule has 1 aliphatic rings. The van der Waals surface area contributed by atoms with Crippen molar-refractivity contribution >= 4 is 10.9 Å². The van der Waals surface area contributed by atoms with Gasteiger partial charge < -0.3 is 4.98 Å². The van der Waals surface area contributed by atoms with Crippen LogP contribution in [0.4, 0.5) is 0 Å². The quantitative estimate of drug-likeness (QED) is 0.504. The first-order valence-corrected chi connectivity index (χ1v) is 11.4. The minimum absolute atomic E-state index is 0.158. The number of aryl methyl sites for hydroxylation is 1. The second kappa shape index (κ2) is 9.11. The molecule has 4 nitrogen and oxygen atoms in total. The monoisotopic (exact) mass is 423 g/mol. The van der Waals surface area contributed by atoms with Crippen LogP contribution >= 0.6 is 0 Å². The first-order chi connectivity index (χ1) is 15.7. The molecule has 1 aliphatic heterocycles. The van der Waals surface area contributed by atoms with Crippen molar-refractivity contribution in [3.63, 3.8) is 0 Å². The Labute approximate surface area is 189 Å². The molecular weight excluding hydrogens is 394 g/mol. The van der Waals surface area contributed by atoms with Gasteiger partial charge in [0.05, 0.1) is 6.04 Å². The van der Waals surface area contributed by atoms with Crippen molar-refractivity contribution in [2.45, 2.75) is 19.5 Å². The Morgan fingerprint density at radius 1 is 0.781 bits per heavy atom. The lowest BCUT2D eigenvalue weighted by molar-refractivity contribution is 0.104. The average Bonchev–Trinajstić information content (AvgIpc) is 2.84. The van der Waals surface area contributed by atoms with Crippen molar-refractivity contribution in [2.24, 2.45) is 0 Å². The summed E-state index contributed by atoms with van der Waals surface area (Å²) in [5.74, 6) is 0. The molecule has 0 atom stereocenters. The Bertz CT molecular complexity index is 1200. The van der Waals surface area contributed by atoms with Crippen LogP contribution in [-0.2, 0) is 6.54 Å². The molecule has 2 heterocycles.